The van der Waals surface area contributed by atoms with E-state index >= 15 is 0 Å². The first-order valence-corrected chi connectivity index (χ1v) is 7.64. The van der Waals surface area contributed by atoms with Gasteiger partial charge in [-0.15, -0.1) is 11.3 Å². The van der Waals surface area contributed by atoms with Crippen LogP contribution in [0.15, 0.2) is 35.7 Å². The molecule has 1 saturated carbocycles. The van der Waals surface area contributed by atoms with Gasteiger partial charge in [0.2, 0.25) is 0 Å². The van der Waals surface area contributed by atoms with E-state index in [4.69, 9.17) is 4.74 Å². The number of aryl methyl sites for hydroxylation is 1. The van der Waals surface area contributed by atoms with Crippen molar-refractivity contribution >= 4 is 11.3 Å². The quantitative estimate of drug-likeness (QED) is 0.892. The fraction of sp³-hybridized carbons (Fsp3) is 0.375. The van der Waals surface area contributed by atoms with Crippen LogP contribution in [0, 0.1) is 6.92 Å². The van der Waals surface area contributed by atoms with Crippen LogP contribution in [0.4, 0.5) is 0 Å². The smallest absolute Gasteiger partial charge is 0.119 e. The zero-order valence-electron chi connectivity index (χ0n) is 11.3. The summed E-state index contributed by atoms with van der Waals surface area (Å²) < 4.78 is 5.79. The molecule has 0 amide bonds. The number of rotatable bonds is 5. The Labute approximate surface area is 118 Å². The number of thiophene rings is 1. The minimum Gasteiger partial charge on any atom is -0.490 e. The molecule has 1 aromatic heterocycles. The van der Waals surface area contributed by atoms with Gasteiger partial charge in [0, 0.05) is 4.88 Å². The van der Waals surface area contributed by atoms with Gasteiger partial charge in [-0.3, -0.25) is 0 Å². The summed E-state index contributed by atoms with van der Waals surface area (Å²) in [6.45, 7) is 2.17. The SMILES string of the molecule is CNC(c1ccc(OC2CC2)cc1)c1sccc1C. The molecule has 0 spiro atoms. The van der Waals surface area contributed by atoms with Gasteiger partial charge in [-0.05, 0) is 61.5 Å². The van der Waals surface area contributed by atoms with E-state index in [-0.39, 0.29) is 6.04 Å². The van der Waals surface area contributed by atoms with Crippen LogP contribution in [-0.2, 0) is 0 Å². The molecule has 100 valence electrons. The predicted octanol–water partition coefficient (Wildman–Crippen LogP) is 3.91. The van der Waals surface area contributed by atoms with Crippen molar-refractivity contribution < 1.29 is 4.74 Å². The van der Waals surface area contributed by atoms with Crippen molar-refractivity contribution in [2.45, 2.75) is 31.9 Å². The molecule has 1 atom stereocenters. The average Bonchev–Trinajstić information content (AvgIpc) is 3.14. The average molecular weight is 273 g/mol. The van der Waals surface area contributed by atoms with Crippen LogP contribution in [0.3, 0.4) is 0 Å². The first-order valence-electron chi connectivity index (χ1n) is 6.76. The zero-order chi connectivity index (χ0) is 13.2. The number of nitrogens with one attached hydrogen (secondary N) is 1. The minimum absolute atomic E-state index is 0.273. The molecule has 1 aliphatic rings. The van der Waals surface area contributed by atoms with Crippen LogP contribution in [0.25, 0.3) is 0 Å². The summed E-state index contributed by atoms with van der Waals surface area (Å²) in [5, 5.41) is 5.56. The second kappa shape index (κ2) is 5.35. The molecular weight excluding hydrogens is 254 g/mol. The highest BCUT2D eigenvalue weighted by molar-refractivity contribution is 7.10. The Morgan fingerprint density at radius 3 is 2.47 bits per heavy atom. The van der Waals surface area contributed by atoms with E-state index in [1.807, 2.05) is 18.4 Å². The molecule has 0 saturated heterocycles. The predicted molar refractivity (Wildman–Crippen MR) is 80.1 cm³/mol. The van der Waals surface area contributed by atoms with E-state index in [9.17, 15) is 0 Å². The lowest BCUT2D eigenvalue weighted by Crippen LogP contribution is -2.17. The molecule has 0 radical (unpaired) electrons. The van der Waals surface area contributed by atoms with E-state index in [0.717, 1.165) is 5.75 Å². The Balaban J connectivity index is 1.81. The summed E-state index contributed by atoms with van der Waals surface area (Å²) in [6.07, 6.45) is 2.87. The largest absolute Gasteiger partial charge is 0.490 e. The van der Waals surface area contributed by atoms with Crippen LogP contribution in [0.5, 0.6) is 5.75 Å². The summed E-state index contributed by atoms with van der Waals surface area (Å²) in [7, 11) is 2.01. The summed E-state index contributed by atoms with van der Waals surface area (Å²) >= 11 is 1.81. The molecule has 1 heterocycles. The van der Waals surface area contributed by atoms with Gasteiger partial charge in [-0.2, -0.15) is 0 Å². The van der Waals surface area contributed by atoms with E-state index in [1.54, 1.807) is 0 Å². The van der Waals surface area contributed by atoms with Gasteiger partial charge in [-0.25, -0.2) is 0 Å². The zero-order valence-corrected chi connectivity index (χ0v) is 12.2. The molecule has 1 aliphatic carbocycles. The van der Waals surface area contributed by atoms with Crippen molar-refractivity contribution in [2.75, 3.05) is 7.05 Å². The van der Waals surface area contributed by atoms with Crippen molar-refractivity contribution in [1.82, 2.24) is 5.32 Å². The third-order valence-corrected chi connectivity index (χ3v) is 4.58. The number of ether oxygens (including phenoxy) is 1. The summed E-state index contributed by atoms with van der Waals surface area (Å²) in [5.74, 6) is 0.990. The minimum atomic E-state index is 0.273. The highest BCUT2D eigenvalue weighted by Gasteiger charge is 2.23. The lowest BCUT2D eigenvalue weighted by Gasteiger charge is -2.17. The summed E-state index contributed by atoms with van der Waals surface area (Å²) in [4.78, 5) is 1.39. The van der Waals surface area contributed by atoms with Crippen LogP contribution in [0.2, 0.25) is 0 Å². The highest BCUT2D eigenvalue weighted by atomic mass is 32.1. The van der Waals surface area contributed by atoms with Crippen molar-refractivity contribution in [2.24, 2.45) is 0 Å². The first kappa shape index (κ1) is 12.7. The summed E-state index contributed by atoms with van der Waals surface area (Å²) in [6, 6.07) is 10.9. The molecule has 1 aromatic carbocycles. The molecule has 0 bridgehead atoms. The molecular formula is C16H19NOS. The monoisotopic (exact) mass is 273 g/mol. The van der Waals surface area contributed by atoms with Gasteiger partial charge >= 0.3 is 0 Å². The topological polar surface area (TPSA) is 21.3 Å². The maximum absolute atomic E-state index is 5.79. The fourth-order valence-corrected chi connectivity index (χ4v) is 3.31. The van der Waals surface area contributed by atoms with E-state index < -0.39 is 0 Å². The van der Waals surface area contributed by atoms with Gasteiger partial charge in [0.05, 0.1) is 12.1 Å². The van der Waals surface area contributed by atoms with E-state index in [2.05, 4.69) is 48.0 Å². The van der Waals surface area contributed by atoms with Crippen molar-refractivity contribution in [3.8, 4) is 5.75 Å². The van der Waals surface area contributed by atoms with Gasteiger partial charge < -0.3 is 10.1 Å². The molecule has 1 unspecified atom stereocenters. The van der Waals surface area contributed by atoms with Gasteiger partial charge in [-0.1, -0.05) is 12.1 Å². The lowest BCUT2D eigenvalue weighted by molar-refractivity contribution is 0.303. The fourth-order valence-electron chi connectivity index (χ4n) is 2.25. The summed E-state index contributed by atoms with van der Waals surface area (Å²) in [5.41, 5.74) is 2.64. The highest BCUT2D eigenvalue weighted by Crippen LogP contribution is 2.31. The molecule has 2 nitrogen and oxygen atoms in total. The van der Waals surface area contributed by atoms with Crippen molar-refractivity contribution in [1.29, 1.82) is 0 Å². The van der Waals surface area contributed by atoms with Gasteiger partial charge in [0.1, 0.15) is 5.75 Å². The number of hydrogen-bond donors (Lipinski definition) is 1. The van der Waals surface area contributed by atoms with Gasteiger partial charge in [0.15, 0.2) is 0 Å². The maximum atomic E-state index is 5.79. The Morgan fingerprint density at radius 2 is 1.95 bits per heavy atom. The number of benzene rings is 1. The molecule has 19 heavy (non-hydrogen) atoms. The molecule has 3 heteroatoms. The van der Waals surface area contributed by atoms with Gasteiger partial charge in [0.25, 0.3) is 0 Å². The Hall–Kier alpha value is -1.32. The van der Waals surface area contributed by atoms with E-state index in [0.29, 0.717) is 6.10 Å². The van der Waals surface area contributed by atoms with Crippen LogP contribution < -0.4 is 10.1 Å². The number of hydrogen-bond acceptors (Lipinski definition) is 3. The third-order valence-electron chi connectivity index (χ3n) is 3.49. The molecule has 1 fully saturated rings. The maximum Gasteiger partial charge on any atom is 0.119 e. The second-order valence-corrected chi connectivity index (χ2v) is 6.02. The van der Waals surface area contributed by atoms with Crippen molar-refractivity contribution in [3.05, 3.63) is 51.7 Å². The Kier molecular flexibility index (Phi) is 3.58. The van der Waals surface area contributed by atoms with E-state index in [1.165, 1.54) is 28.8 Å². The van der Waals surface area contributed by atoms with Crippen LogP contribution in [0.1, 0.15) is 34.9 Å². The van der Waals surface area contributed by atoms with Crippen LogP contribution >= 0.6 is 11.3 Å². The Bertz CT molecular complexity index is 542. The third kappa shape index (κ3) is 2.82. The normalized spacial score (nSPS) is 16.3. The first-order chi connectivity index (χ1) is 9.28. The standard InChI is InChI=1S/C16H19NOS/c1-11-9-10-19-16(11)15(17-2)12-3-5-13(6-4-12)18-14-7-8-14/h3-6,9-10,14-15,17H,7-8H2,1-2H3. The lowest BCUT2D eigenvalue weighted by atomic mass is 10.0. The molecule has 2 aromatic rings. The Morgan fingerprint density at radius 1 is 1.21 bits per heavy atom. The molecule has 3 rings (SSSR count). The molecule has 1 N–H and O–H groups in total. The second-order valence-electron chi connectivity index (χ2n) is 5.08. The van der Waals surface area contributed by atoms with Crippen LogP contribution in [-0.4, -0.2) is 13.2 Å². The molecule has 0 aliphatic heterocycles. The van der Waals surface area contributed by atoms with Crippen molar-refractivity contribution in [3.63, 3.8) is 0 Å².